The molecule has 0 aliphatic heterocycles. The third-order valence-electron chi connectivity index (χ3n) is 3.43. The van der Waals surface area contributed by atoms with E-state index in [0.717, 1.165) is 17.7 Å². The van der Waals surface area contributed by atoms with Crippen LogP contribution in [0.2, 0.25) is 0 Å². The molecule has 0 aromatic heterocycles. The lowest BCUT2D eigenvalue weighted by atomic mass is 9.98. The Kier molecular flexibility index (Phi) is 4.70. The highest BCUT2D eigenvalue weighted by atomic mass is 32.2. The minimum absolute atomic E-state index is 0.0991. The molecule has 0 fully saturated rings. The van der Waals surface area contributed by atoms with Gasteiger partial charge in [-0.1, -0.05) is 29.8 Å². The largest absolute Gasteiger partial charge is 0.501 e. The molecule has 0 saturated heterocycles. The second-order valence-corrected chi connectivity index (χ2v) is 7.18. The molecule has 2 rings (SSSR count). The SMILES string of the molecule is Cc1ccc(Cc2ccc(S(=O)(=O)C(F)(F)F)cc2)c(C(=O)O)c1. The second kappa shape index (κ2) is 6.27. The summed E-state index contributed by atoms with van der Waals surface area (Å²) >= 11 is 0. The molecule has 128 valence electrons. The van der Waals surface area contributed by atoms with E-state index in [1.807, 2.05) is 0 Å². The molecule has 0 bridgehead atoms. The summed E-state index contributed by atoms with van der Waals surface area (Å²) in [4.78, 5) is 10.4. The van der Waals surface area contributed by atoms with E-state index < -0.39 is 26.2 Å². The van der Waals surface area contributed by atoms with E-state index >= 15 is 0 Å². The van der Waals surface area contributed by atoms with Crippen LogP contribution in [0.15, 0.2) is 47.4 Å². The zero-order valence-corrected chi connectivity index (χ0v) is 13.3. The number of aryl methyl sites for hydroxylation is 1. The molecule has 0 amide bonds. The summed E-state index contributed by atoms with van der Waals surface area (Å²) in [6.07, 6.45) is 0.161. The van der Waals surface area contributed by atoms with Crippen molar-refractivity contribution in [3.8, 4) is 0 Å². The lowest BCUT2D eigenvalue weighted by molar-refractivity contribution is -0.0436. The first-order valence-corrected chi connectivity index (χ1v) is 8.24. The van der Waals surface area contributed by atoms with Crippen molar-refractivity contribution in [3.05, 3.63) is 64.7 Å². The van der Waals surface area contributed by atoms with Crippen molar-refractivity contribution in [1.29, 1.82) is 0 Å². The van der Waals surface area contributed by atoms with Crippen LogP contribution in [-0.4, -0.2) is 25.0 Å². The Labute approximate surface area is 136 Å². The fraction of sp³-hybridized carbons (Fsp3) is 0.188. The molecule has 2 aromatic carbocycles. The Morgan fingerprint density at radius 1 is 1.08 bits per heavy atom. The zero-order chi connectivity index (χ0) is 18.1. The molecule has 0 heterocycles. The summed E-state index contributed by atoms with van der Waals surface area (Å²) in [6.45, 7) is 1.74. The lowest BCUT2D eigenvalue weighted by Crippen LogP contribution is -2.23. The molecule has 0 spiro atoms. The number of carbonyl (C=O) groups is 1. The number of carboxylic acids is 1. The normalized spacial score (nSPS) is 12.2. The summed E-state index contributed by atoms with van der Waals surface area (Å²) in [6, 6.07) is 9.07. The van der Waals surface area contributed by atoms with Gasteiger partial charge in [0, 0.05) is 0 Å². The number of halogens is 3. The number of sulfone groups is 1. The van der Waals surface area contributed by atoms with Crippen molar-refractivity contribution in [2.75, 3.05) is 0 Å². The predicted molar refractivity (Wildman–Crippen MR) is 80.6 cm³/mol. The Morgan fingerprint density at radius 2 is 1.67 bits per heavy atom. The van der Waals surface area contributed by atoms with Crippen molar-refractivity contribution in [1.82, 2.24) is 0 Å². The van der Waals surface area contributed by atoms with E-state index in [2.05, 4.69) is 0 Å². The number of hydrogen-bond acceptors (Lipinski definition) is 3. The van der Waals surface area contributed by atoms with Crippen LogP contribution in [0.5, 0.6) is 0 Å². The van der Waals surface area contributed by atoms with Gasteiger partial charge in [0.1, 0.15) is 0 Å². The summed E-state index contributed by atoms with van der Waals surface area (Å²) in [7, 11) is -5.39. The van der Waals surface area contributed by atoms with E-state index in [9.17, 15) is 31.5 Å². The fourth-order valence-electron chi connectivity index (χ4n) is 2.18. The lowest BCUT2D eigenvalue weighted by Gasteiger charge is -2.10. The van der Waals surface area contributed by atoms with Crippen molar-refractivity contribution in [2.24, 2.45) is 0 Å². The minimum atomic E-state index is -5.39. The standard InChI is InChI=1S/C16H13F3O4S/c1-10-2-5-12(14(8-10)15(20)21)9-11-3-6-13(7-4-11)24(22,23)16(17,18)19/h2-8H,9H2,1H3,(H,20,21). The fourth-order valence-corrected chi connectivity index (χ4v) is 2.95. The maximum absolute atomic E-state index is 12.5. The maximum Gasteiger partial charge on any atom is 0.501 e. The van der Waals surface area contributed by atoms with Crippen molar-refractivity contribution < 1.29 is 31.5 Å². The van der Waals surface area contributed by atoms with Crippen molar-refractivity contribution >= 4 is 15.8 Å². The quantitative estimate of drug-likeness (QED) is 0.907. The summed E-state index contributed by atoms with van der Waals surface area (Å²) in [5.41, 5.74) is -3.51. The average Bonchev–Trinajstić information content (AvgIpc) is 2.48. The van der Waals surface area contributed by atoms with Crippen molar-refractivity contribution in [2.45, 2.75) is 23.7 Å². The second-order valence-electron chi connectivity index (χ2n) is 5.24. The highest BCUT2D eigenvalue weighted by Gasteiger charge is 2.46. The molecule has 0 radical (unpaired) electrons. The third kappa shape index (κ3) is 3.59. The van der Waals surface area contributed by atoms with Crippen LogP contribution in [-0.2, 0) is 16.3 Å². The van der Waals surface area contributed by atoms with Crippen LogP contribution in [0.25, 0.3) is 0 Å². The molecule has 0 unspecified atom stereocenters. The Bertz CT molecular complexity index is 869. The number of carboxylic acid groups (broad SMARTS) is 1. The molecule has 0 aliphatic rings. The highest BCUT2D eigenvalue weighted by molar-refractivity contribution is 7.92. The third-order valence-corrected chi connectivity index (χ3v) is 4.93. The molecule has 1 N–H and O–H groups in total. The topological polar surface area (TPSA) is 71.4 Å². The number of benzene rings is 2. The Balaban J connectivity index is 2.33. The van der Waals surface area contributed by atoms with Gasteiger partial charge in [-0.3, -0.25) is 0 Å². The Hall–Kier alpha value is -2.35. The molecule has 0 atom stereocenters. The van der Waals surface area contributed by atoms with Gasteiger partial charge in [-0.05, 0) is 42.7 Å². The van der Waals surface area contributed by atoms with Crippen LogP contribution in [0.1, 0.15) is 27.0 Å². The molecular weight excluding hydrogens is 345 g/mol. The van der Waals surface area contributed by atoms with Crippen molar-refractivity contribution in [3.63, 3.8) is 0 Å². The molecule has 0 saturated carbocycles. The maximum atomic E-state index is 12.5. The van der Waals surface area contributed by atoms with Gasteiger partial charge in [0.25, 0.3) is 9.84 Å². The van der Waals surface area contributed by atoms with Crippen LogP contribution < -0.4 is 0 Å². The number of hydrogen-bond donors (Lipinski definition) is 1. The van der Waals surface area contributed by atoms with Gasteiger partial charge in [0.15, 0.2) is 0 Å². The van der Waals surface area contributed by atoms with E-state index in [1.54, 1.807) is 19.1 Å². The molecule has 8 heteroatoms. The van der Waals surface area contributed by atoms with Crippen LogP contribution >= 0.6 is 0 Å². The predicted octanol–water partition coefficient (Wildman–Crippen LogP) is 3.58. The minimum Gasteiger partial charge on any atom is -0.478 e. The van der Waals surface area contributed by atoms with Gasteiger partial charge in [-0.15, -0.1) is 0 Å². The van der Waals surface area contributed by atoms with E-state index in [1.165, 1.54) is 18.2 Å². The summed E-state index contributed by atoms with van der Waals surface area (Å²) < 4.78 is 60.1. The van der Waals surface area contributed by atoms with Gasteiger partial charge >= 0.3 is 11.5 Å². The van der Waals surface area contributed by atoms with Crippen LogP contribution in [0.4, 0.5) is 13.2 Å². The first-order chi connectivity index (χ1) is 11.0. The first kappa shape index (κ1) is 18.0. The van der Waals surface area contributed by atoms with E-state index in [-0.39, 0.29) is 12.0 Å². The summed E-state index contributed by atoms with van der Waals surface area (Å²) in [5.74, 6) is -1.11. The molecule has 4 nitrogen and oxygen atoms in total. The van der Waals surface area contributed by atoms with Gasteiger partial charge in [-0.2, -0.15) is 13.2 Å². The van der Waals surface area contributed by atoms with E-state index in [4.69, 9.17) is 0 Å². The molecule has 0 aliphatic carbocycles. The van der Waals surface area contributed by atoms with Gasteiger partial charge in [0.2, 0.25) is 0 Å². The van der Waals surface area contributed by atoms with E-state index in [0.29, 0.717) is 11.1 Å². The molecule has 24 heavy (non-hydrogen) atoms. The van der Waals surface area contributed by atoms with Crippen LogP contribution in [0.3, 0.4) is 0 Å². The zero-order valence-electron chi connectivity index (χ0n) is 12.5. The Morgan fingerprint density at radius 3 is 2.17 bits per heavy atom. The van der Waals surface area contributed by atoms with Gasteiger partial charge in [-0.25, -0.2) is 13.2 Å². The smallest absolute Gasteiger partial charge is 0.478 e. The number of alkyl halides is 3. The highest BCUT2D eigenvalue weighted by Crippen LogP contribution is 2.30. The van der Waals surface area contributed by atoms with Gasteiger partial charge < -0.3 is 5.11 Å². The molecule has 2 aromatic rings. The summed E-state index contributed by atoms with van der Waals surface area (Å²) in [5, 5.41) is 9.20. The number of aromatic carboxylic acids is 1. The number of rotatable bonds is 4. The monoisotopic (exact) mass is 358 g/mol. The van der Waals surface area contributed by atoms with Crippen LogP contribution in [0, 0.1) is 6.92 Å². The molecular formula is C16H13F3O4S. The van der Waals surface area contributed by atoms with Gasteiger partial charge in [0.05, 0.1) is 10.5 Å². The first-order valence-electron chi connectivity index (χ1n) is 6.75. The average molecular weight is 358 g/mol.